The normalized spacial score (nSPS) is 17.1. The van der Waals surface area contributed by atoms with Gasteiger partial charge in [0.15, 0.2) is 0 Å². The minimum atomic E-state index is -0.507. The monoisotopic (exact) mass is 442 g/mol. The number of halogens is 3. The molecule has 0 aliphatic carbocycles. The van der Waals surface area contributed by atoms with Gasteiger partial charge >= 0.3 is 0 Å². The molecule has 2 aromatic rings. The van der Waals surface area contributed by atoms with Crippen molar-refractivity contribution in [3.63, 3.8) is 0 Å². The Morgan fingerprint density at radius 2 is 2.00 bits per heavy atom. The number of aromatic nitrogens is 2. The van der Waals surface area contributed by atoms with Crippen LogP contribution < -0.4 is 15.8 Å². The number of anilines is 1. The fourth-order valence-corrected chi connectivity index (χ4v) is 3.71. The zero-order chi connectivity index (χ0) is 20.4. The van der Waals surface area contributed by atoms with E-state index in [1.54, 1.807) is 12.1 Å². The summed E-state index contributed by atoms with van der Waals surface area (Å²) in [6, 6.07) is 5.36. The fourth-order valence-electron chi connectivity index (χ4n) is 3.16. The molecule has 3 rings (SSSR count). The third-order valence-electron chi connectivity index (χ3n) is 4.69. The molecule has 0 radical (unpaired) electrons. The van der Waals surface area contributed by atoms with E-state index in [-0.39, 0.29) is 27.9 Å². The third-order valence-corrected chi connectivity index (χ3v) is 5.74. The van der Waals surface area contributed by atoms with E-state index in [9.17, 15) is 9.59 Å². The summed E-state index contributed by atoms with van der Waals surface area (Å²) in [5, 5.41) is 7.62. The van der Waals surface area contributed by atoms with Crippen molar-refractivity contribution in [3.05, 3.63) is 49.8 Å². The van der Waals surface area contributed by atoms with Crippen LogP contribution in [0.2, 0.25) is 15.1 Å². The third kappa shape index (κ3) is 4.45. The number of nitrogens with one attached hydrogen (secondary N) is 1. The van der Waals surface area contributed by atoms with E-state index in [1.165, 1.54) is 6.20 Å². The molecule has 1 atom stereocenters. The Labute approximate surface area is 178 Å². The number of hydrogen-bond acceptors (Lipinski definition) is 4. The molecule has 150 valence electrons. The van der Waals surface area contributed by atoms with Gasteiger partial charge in [0.2, 0.25) is 5.91 Å². The van der Waals surface area contributed by atoms with Gasteiger partial charge in [-0.25, -0.2) is 0 Å². The van der Waals surface area contributed by atoms with E-state index in [0.717, 1.165) is 29.8 Å². The Hall–Kier alpha value is -1.76. The van der Waals surface area contributed by atoms with Gasteiger partial charge in [0.25, 0.3) is 5.56 Å². The maximum Gasteiger partial charge on any atom is 0.291 e. The molecule has 1 saturated heterocycles. The molecule has 1 unspecified atom stereocenters. The predicted molar refractivity (Wildman–Crippen MR) is 113 cm³/mol. The molecule has 9 heteroatoms. The summed E-state index contributed by atoms with van der Waals surface area (Å²) < 4.78 is 1.16. The molecule has 2 heterocycles. The number of benzene rings is 1. The van der Waals surface area contributed by atoms with Crippen LogP contribution in [-0.2, 0) is 4.79 Å². The highest BCUT2D eigenvalue weighted by Gasteiger charge is 2.24. The molecule has 28 heavy (non-hydrogen) atoms. The van der Waals surface area contributed by atoms with Gasteiger partial charge in [-0.05, 0) is 31.0 Å². The fraction of sp³-hybridized carbons (Fsp3) is 0.421. The van der Waals surface area contributed by atoms with Crippen molar-refractivity contribution in [3.8, 4) is 5.69 Å². The first-order chi connectivity index (χ1) is 13.3. The highest BCUT2D eigenvalue weighted by molar-refractivity contribution is 6.41. The van der Waals surface area contributed by atoms with Gasteiger partial charge in [0.05, 0.1) is 27.6 Å². The van der Waals surface area contributed by atoms with Crippen LogP contribution in [0.15, 0.2) is 29.2 Å². The lowest BCUT2D eigenvalue weighted by molar-refractivity contribution is -0.124. The summed E-state index contributed by atoms with van der Waals surface area (Å²) in [6.07, 6.45) is 3.21. The van der Waals surface area contributed by atoms with Gasteiger partial charge in [0.1, 0.15) is 5.02 Å². The first-order valence-electron chi connectivity index (χ1n) is 9.06. The zero-order valence-corrected chi connectivity index (χ0v) is 17.9. The van der Waals surface area contributed by atoms with Gasteiger partial charge in [-0.1, -0.05) is 48.7 Å². The van der Waals surface area contributed by atoms with Crippen LogP contribution in [0.3, 0.4) is 0 Å². The van der Waals surface area contributed by atoms with Crippen molar-refractivity contribution >= 4 is 46.4 Å². The Morgan fingerprint density at radius 3 is 2.68 bits per heavy atom. The van der Waals surface area contributed by atoms with E-state index in [0.29, 0.717) is 17.3 Å². The summed E-state index contributed by atoms with van der Waals surface area (Å²) in [5.74, 6) is 0.00798. The van der Waals surface area contributed by atoms with Gasteiger partial charge in [-0.2, -0.15) is 9.78 Å². The van der Waals surface area contributed by atoms with E-state index in [1.807, 2.05) is 19.9 Å². The second-order valence-electron chi connectivity index (χ2n) is 7.11. The van der Waals surface area contributed by atoms with E-state index < -0.39 is 5.56 Å². The molecular weight excluding hydrogens is 423 g/mol. The summed E-state index contributed by atoms with van der Waals surface area (Å²) in [5.41, 5.74) is 0.841. The summed E-state index contributed by atoms with van der Waals surface area (Å²) in [4.78, 5) is 26.4. The summed E-state index contributed by atoms with van der Waals surface area (Å²) in [6.45, 7) is 5.29. The lowest BCUT2D eigenvalue weighted by Crippen LogP contribution is -2.48. The van der Waals surface area contributed by atoms with Crippen LogP contribution in [0, 0.1) is 5.92 Å². The molecule has 1 aromatic heterocycles. The van der Waals surface area contributed by atoms with Crippen LogP contribution in [0.5, 0.6) is 0 Å². The van der Waals surface area contributed by atoms with E-state index >= 15 is 0 Å². The number of carbonyl (C=O) groups is 1. The number of carbonyl (C=O) groups excluding carboxylic acids is 1. The Bertz CT molecular complexity index is 945. The van der Waals surface area contributed by atoms with Crippen LogP contribution in [0.1, 0.15) is 26.7 Å². The van der Waals surface area contributed by atoms with Crippen molar-refractivity contribution in [2.75, 3.05) is 18.0 Å². The number of hydrogen-bond donors (Lipinski definition) is 1. The minimum Gasteiger partial charge on any atom is -0.368 e. The lowest BCUT2D eigenvalue weighted by Gasteiger charge is -2.35. The number of amides is 1. The molecular formula is C19H21Cl3N4O2. The van der Waals surface area contributed by atoms with Crippen molar-refractivity contribution in [1.29, 1.82) is 0 Å². The van der Waals surface area contributed by atoms with Gasteiger partial charge in [-0.3, -0.25) is 9.59 Å². The van der Waals surface area contributed by atoms with Crippen molar-refractivity contribution in [2.24, 2.45) is 5.92 Å². The Kier molecular flexibility index (Phi) is 6.53. The van der Waals surface area contributed by atoms with Crippen molar-refractivity contribution in [1.82, 2.24) is 15.1 Å². The van der Waals surface area contributed by atoms with Gasteiger partial charge in [-0.15, -0.1) is 0 Å². The molecule has 1 aromatic carbocycles. The standard InChI is InChI=1S/C19H21Cl3N4O2/c1-11(2)18(27)24-12-4-3-7-25(10-12)16-6-5-13(8-14(16)20)26-19(28)17(22)15(21)9-23-26/h5-6,8-9,11-12H,3-4,7,10H2,1-2H3,(H,24,27). The maximum atomic E-state index is 12.3. The molecule has 0 spiro atoms. The average molecular weight is 444 g/mol. The summed E-state index contributed by atoms with van der Waals surface area (Å²) >= 11 is 18.3. The second kappa shape index (κ2) is 8.72. The molecule has 1 fully saturated rings. The molecule has 1 aliphatic heterocycles. The lowest BCUT2D eigenvalue weighted by atomic mass is 10.0. The summed E-state index contributed by atoms with van der Waals surface area (Å²) in [7, 11) is 0. The van der Waals surface area contributed by atoms with Crippen LogP contribution >= 0.6 is 34.8 Å². The largest absolute Gasteiger partial charge is 0.368 e. The number of nitrogens with zero attached hydrogens (tertiary/aromatic N) is 3. The predicted octanol–water partition coefficient (Wildman–Crippen LogP) is 3.93. The smallest absolute Gasteiger partial charge is 0.291 e. The highest BCUT2D eigenvalue weighted by Crippen LogP contribution is 2.30. The maximum absolute atomic E-state index is 12.3. The van der Waals surface area contributed by atoms with Gasteiger partial charge < -0.3 is 10.2 Å². The Balaban J connectivity index is 1.82. The molecule has 1 amide bonds. The molecule has 6 nitrogen and oxygen atoms in total. The second-order valence-corrected chi connectivity index (χ2v) is 8.30. The molecule has 0 saturated carbocycles. The topological polar surface area (TPSA) is 67.2 Å². The highest BCUT2D eigenvalue weighted by atomic mass is 35.5. The quantitative estimate of drug-likeness (QED) is 0.777. The van der Waals surface area contributed by atoms with Crippen molar-refractivity contribution < 1.29 is 4.79 Å². The molecule has 0 bridgehead atoms. The van der Waals surface area contributed by atoms with E-state index in [2.05, 4.69) is 15.3 Å². The molecule has 1 N–H and O–H groups in total. The van der Waals surface area contributed by atoms with Crippen LogP contribution in [0.4, 0.5) is 5.69 Å². The first kappa shape index (κ1) is 21.0. The van der Waals surface area contributed by atoms with Crippen LogP contribution in [0.25, 0.3) is 5.69 Å². The Morgan fingerprint density at radius 1 is 1.25 bits per heavy atom. The minimum absolute atomic E-state index is 0.0461. The average Bonchev–Trinajstić information content (AvgIpc) is 2.66. The number of rotatable bonds is 4. The number of piperidine rings is 1. The van der Waals surface area contributed by atoms with E-state index in [4.69, 9.17) is 34.8 Å². The molecule has 1 aliphatic rings. The zero-order valence-electron chi connectivity index (χ0n) is 15.6. The SMILES string of the molecule is CC(C)C(=O)NC1CCCN(c2ccc(-n3ncc(Cl)c(Cl)c3=O)cc2Cl)C1. The van der Waals surface area contributed by atoms with Crippen LogP contribution in [-0.4, -0.2) is 34.8 Å². The van der Waals surface area contributed by atoms with Gasteiger partial charge in [0, 0.05) is 25.0 Å². The van der Waals surface area contributed by atoms with Crippen molar-refractivity contribution in [2.45, 2.75) is 32.7 Å². The first-order valence-corrected chi connectivity index (χ1v) is 10.2.